The molecule has 1 aromatic heterocycles. The van der Waals surface area contributed by atoms with E-state index in [1.807, 2.05) is 12.3 Å². The van der Waals surface area contributed by atoms with Gasteiger partial charge in [-0.3, -0.25) is 0 Å². The molecule has 0 saturated heterocycles. The lowest BCUT2D eigenvalue weighted by Gasteiger charge is -2.58. The zero-order valence-corrected chi connectivity index (χ0v) is 33.4. The summed E-state index contributed by atoms with van der Waals surface area (Å²) in [5.74, 6) is -0.587. The molecule has 0 amide bonds. The quantitative estimate of drug-likeness (QED) is 0.0239. The van der Waals surface area contributed by atoms with Crippen molar-refractivity contribution in [3.8, 4) is 28.7 Å². The first-order valence-electron chi connectivity index (χ1n) is 21.2. The number of unbranched alkanes of at least 4 members (excludes halogenated alkanes) is 2. The number of phenolic OH excluding ortho intramolecular Hbond substituents is 5. The number of phenols is 5. The number of aromatic hydroxyl groups is 5. The number of imidazole rings is 1. The highest BCUT2D eigenvalue weighted by atomic mass is 16.3. The molecule has 0 unspecified atom stereocenters. The largest absolute Gasteiger partial charge is 0.507 e. The molecule has 3 aliphatic rings. The van der Waals surface area contributed by atoms with Gasteiger partial charge in [0.1, 0.15) is 5.75 Å². The predicted molar refractivity (Wildman–Crippen MR) is 229 cm³/mol. The number of aliphatic hydroxyl groups is 1. The van der Waals surface area contributed by atoms with Crippen LogP contribution in [0.1, 0.15) is 104 Å². The number of hydrogen-bond acceptors (Lipinski definition) is 8. The monoisotopic (exact) mass is 783 g/mol. The van der Waals surface area contributed by atoms with Crippen LogP contribution in [0.25, 0.3) is 22.9 Å². The van der Waals surface area contributed by atoms with Crippen LogP contribution in [-0.2, 0) is 31.2 Å². The standard InChI is InChI=1S/C49H57N3O6/c1-2-3-4-8-33-25-31(14-19-38-36(18-13-32-15-20-39(53)42(56)26-32)37-10-5-11-40(54)44(37)46(58)45(38)57)12-16-34(33)27-50-29-49(43-28-51-30-52-43)24-7-23-48-22-6-9-35(48)17-21-41(55)47(48)49/h5,10-13,15-18,20-21,25-26,28,30,35,41,47,50,53-58H,2-4,6-9,14,19,22-24,27,29H2,1H3,(H,51,52)/b18-13+/t35-,41+,47-,48+,49+/m1/s1. The van der Waals surface area contributed by atoms with Crippen LogP contribution in [0.15, 0.2) is 79.3 Å². The first-order chi connectivity index (χ1) is 28.1. The van der Waals surface area contributed by atoms with Gasteiger partial charge in [-0.1, -0.05) is 93.3 Å². The first-order valence-corrected chi connectivity index (χ1v) is 21.2. The maximum absolute atomic E-state index is 11.7. The fraction of sp³-hybridized carbons (Fsp3) is 0.408. The lowest BCUT2D eigenvalue weighted by Crippen LogP contribution is -2.60. The predicted octanol–water partition coefficient (Wildman–Crippen LogP) is 9.32. The third-order valence-corrected chi connectivity index (χ3v) is 13.9. The summed E-state index contributed by atoms with van der Waals surface area (Å²) in [5, 5.41) is 69.6. The highest BCUT2D eigenvalue weighted by Crippen LogP contribution is 2.64. The Bertz CT molecular complexity index is 2320. The van der Waals surface area contributed by atoms with E-state index in [0.29, 0.717) is 47.4 Å². The Morgan fingerprint density at radius 1 is 0.828 bits per heavy atom. The molecule has 1 spiro atoms. The van der Waals surface area contributed by atoms with Crippen molar-refractivity contribution in [3.63, 3.8) is 0 Å². The molecule has 4 aromatic carbocycles. The van der Waals surface area contributed by atoms with E-state index in [1.165, 1.54) is 55.0 Å². The molecule has 5 atom stereocenters. The number of aliphatic hydroxyl groups excluding tert-OH is 1. The topological polar surface area (TPSA) is 162 Å². The van der Waals surface area contributed by atoms with Crippen LogP contribution in [0.2, 0.25) is 0 Å². The Labute approximate surface area is 340 Å². The number of rotatable bonds is 14. The summed E-state index contributed by atoms with van der Waals surface area (Å²) in [6, 6.07) is 16.2. The summed E-state index contributed by atoms with van der Waals surface area (Å²) in [6.07, 6.45) is 23.5. The van der Waals surface area contributed by atoms with E-state index in [-0.39, 0.29) is 50.9 Å². The smallest absolute Gasteiger partial charge is 0.169 e. The maximum Gasteiger partial charge on any atom is 0.169 e. The molecule has 0 radical (unpaired) electrons. The number of allylic oxidation sites excluding steroid dienone is 1. The summed E-state index contributed by atoms with van der Waals surface area (Å²) in [4.78, 5) is 7.97. The van der Waals surface area contributed by atoms with Crippen molar-refractivity contribution in [1.82, 2.24) is 15.3 Å². The number of H-pyrrole nitrogens is 1. The van der Waals surface area contributed by atoms with Gasteiger partial charge < -0.3 is 40.9 Å². The van der Waals surface area contributed by atoms with E-state index in [1.54, 1.807) is 30.6 Å². The number of aryl methyl sites for hydroxylation is 2. The molecular weight excluding hydrogens is 727 g/mol. The lowest BCUT2D eigenvalue weighted by atomic mass is 9.47. The Balaban J connectivity index is 1.06. The molecule has 0 bridgehead atoms. The minimum Gasteiger partial charge on any atom is -0.507 e. The molecule has 2 fully saturated rings. The molecule has 2 saturated carbocycles. The third-order valence-electron chi connectivity index (χ3n) is 13.9. The molecule has 9 nitrogen and oxygen atoms in total. The zero-order valence-electron chi connectivity index (χ0n) is 33.4. The highest BCUT2D eigenvalue weighted by Gasteiger charge is 2.61. The van der Waals surface area contributed by atoms with Gasteiger partial charge in [0.2, 0.25) is 0 Å². The Morgan fingerprint density at radius 2 is 1.69 bits per heavy atom. The van der Waals surface area contributed by atoms with Gasteiger partial charge in [-0.15, -0.1) is 0 Å². The van der Waals surface area contributed by atoms with Crippen molar-refractivity contribution in [1.29, 1.82) is 0 Å². The van der Waals surface area contributed by atoms with Crippen LogP contribution in [0.3, 0.4) is 0 Å². The van der Waals surface area contributed by atoms with E-state index < -0.39 is 6.10 Å². The molecule has 5 aromatic rings. The molecule has 8 rings (SSSR count). The minimum absolute atomic E-state index is 0.118. The van der Waals surface area contributed by atoms with Crippen molar-refractivity contribution < 1.29 is 30.6 Å². The van der Waals surface area contributed by atoms with Crippen molar-refractivity contribution in [2.75, 3.05) is 6.54 Å². The van der Waals surface area contributed by atoms with Crippen LogP contribution in [0.4, 0.5) is 0 Å². The molecule has 58 heavy (non-hydrogen) atoms. The minimum atomic E-state index is -0.490. The second-order valence-corrected chi connectivity index (χ2v) is 17.1. The van der Waals surface area contributed by atoms with Crippen molar-refractivity contribution in [2.24, 2.45) is 17.3 Å². The molecule has 8 N–H and O–H groups in total. The van der Waals surface area contributed by atoms with Gasteiger partial charge in [0.15, 0.2) is 23.0 Å². The second kappa shape index (κ2) is 16.5. The van der Waals surface area contributed by atoms with Gasteiger partial charge >= 0.3 is 0 Å². The number of nitrogens with one attached hydrogen (secondary N) is 2. The van der Waals surface area contributed by atoms with Crippen LogP contribution in [0, 0.1) is 17.3 Å². The van der Waals surface area contributed by atoms with Gasteiger partial charge in [0.05, 0.1) is 17.8 Å². The van der Waals surface area contributed by atoms with Gasteiger partial charge in [-0.2, -0.15) is 0 Å². The Hall–Kier alpha value is -5.25. The van der Waals surface area contributed by atoms with Gasteiger partial charge in [0, 0.05) is 41.9 Å². The van der Waals surface area contributed by atoms with Crippen LogP contribution in [-0.4, -0.2) is 53.3 Å². The second-order valence-electron chi connectivity index (χ2n) is 17.1. The van der Waals surface area contributed by atoms with E-state index in [9.17, 15) is 30.6 Å². The summed E-state index contributed by atoms with van der Waals surface area (Å²) >= 11 is 0. The summed E-state index contributed by atoms with van der Waals surface area (Å²) < 4.78 is 0. The molecule has 3 aliphatic carbocycles. The van der Waals surface area contributed by atoms with E-state index in [0.717, 1.165) is 56.3 Å². The first kappa shape index (κ1) is 39.6. The lowest BCUT2D eigenvalue weighted by molar-refractivity contribution is -0.0725. The molecule has 304 valence electrons. The number of benzene rings is 4. The third kappa shape index (κ3) is 7.24. The van der Waals surface area contributed by atoms with Crippen LogP contribution < -0.4 is 5.32 Å². The summed E-state index contributed by atoms with van der Waals surface area (Å²) in [5.41, 5.74) is 6.49. The fourth-order valence-electron chi connectivity index (χ4n) is 11.2. The molecule has 0 aliphatic heterocycles. The average Bonchev–Trinajstić information content (AvgIpc) is 3.91. The van der Waals surface area contributed by atoms with Gasteiger partial charge in [-0.25, -0.2) is 4.98 Å². The van der Waals surface area contributed by atoms with Crippen LogP contribution in [0.5, 0.6) is 28.7 Å². The van der Waals surface area contributed by atoms with Crippen LogP contribution >= 0.6 is 0 Å². The maximum atomic E-state index is 11.7. The van der Waals surface area contributed by atoms with E-state index >= 15 is 0 Å². The zero-order chi connectivity index (χ0) is 40.4. The van der Waals surface area contributed by atoms with Gasteiger partial charge in [-0.05, 0) is 114 Å². The van der Waals surface area contributed by atoms with Crippen molar-refractivity contribution >= 4 is 22.9 Å². The molecule has 9 heteroatoms. The fourth-order valence-corrected chi connectivity index (χ4v) is 11.2. The summed E-state index contributed by atoms with van der Waals surface area (Å²) in [6.45, 7) is 3.67. The number of aromatic nitrogens is 2. The number of aromatic amines is 1. The van der Waals surface area contributed by atoms with E-state index in [2.05, 4.69) is 52.6 Å². The number of hydrogen-bond donors (Lipinski definition) is 8. The normalized spacial score (nSPS) is 24.1. The average molecular weight is 784 g/mol. The summed E-state index contributed by atoms with van der Waals surface area (Å²) in [7, 11) is 0. The van der Waals surface area contributed by atoms with E-state index in [4.69, 9.17) is 0 Å². The molecule has 1 heterocycles. The highest BCUT2D eigenvalue weighted by molar-refractivity contribution is 6.03. The Kier molecular flexibility index (Phi) is 11.3. The molecular formula is C49H57N3O6. The van der Waals surface area contributed by atoms with Crippen molar-refractivity contribution in [2.45, 2.75) is 102 Å². The van der Waals surface area contributed by atoms with Gasteiger partial charge in [0.25, 0.3) is 0 Å². The number of nitrogens with zero attached hydrogens (tertiary/aromatic N) is 1. The van der Waals surface area contributed by atoms with Crippen molar-refractivity contribution in [3.05, 3.63) is 118 Å². The number of fused-ring (bicyclic) bond motifs is 1. The SMILES string of the molecule is CCCCCc1cc(CCc2c(O)c(O)c3c(O)cccc3c2/C=C/c2ccc(O)c(O)c2)ccc1CNC[C@]1(c2cnc[nH]2)CCC[C@@]23CCC[C@@H]2C=C[C@H](O)[C@@H]13. The Morgan fingerprint density at radius 3 is 2.50 bits per heavy atom.